The number of Topliss-reactive ketones (excluding diaryl/α,β-unsaturated/α-hetero) is 1. The summed E-state index contributed by atoms with van der Waals surface area (Å²) in [4.78, 5) is 26.6. The number of aliphatic hydroxyl groups excluding tert-OH is 2. The number of ether oxygens (including phenoxy) is 2. The Morgan fingerprint density at radius 1 is 1.03 bits per heavy atom. The number of hydrogen-bond donors (Lipinski definition) is 2. The third-order valence-electron chi connectivity index (χ3n) is 4.75. The van der Waals surface area contributed by atoms with Gasteiger partial charge >= 0.3 is 0 Å². The van der Waals surface area contributed by atoms with Gasteiger partial charge in [-0.25, -0.2) is 0 Å². The van der Waals surface area contributed by atoms with Crippen molar-refractivity contribution in [1.82, 2.24) is 4.90 Å². The molecule has 7 heteroatoms. The van der Waals surface area contributed by atoms with Gasteiger partial charge in [0.1, 0.15) is 17.3 Å². The SMILES string of the molecule is CCOc1ccc(/C(O)=C2\C(=O)C(=O)N(CCO)C2c2ccc(OC)cc2)cc1. The zero-order valence-corrected chi connectivity index (χ0v) is 16.3. The Morgan fingerprint density at radius 3 is 2.21 bits per heavy atom. The van der Waals surface area contributed by atoms with Gasteiger partial charge in [-0.2, -0.15) is 0 Å². The zero-order chi connectivity index (χ0) is 21.0. The number of ketones is 1. The van der Waals surface area contributed by atoms with Crippen LogP contribution in [0.15, 0.2) is 54.1 Å². The second kappa shape index (κ2) is 8.79. The number of aliphatic hydroxyl groups is 2. The van der Waals surface area contributed by atoms with Crippen LogP contribution in [-0.2, 0) is 9.59 Å². The minimum Gasteiger partial charge on any atom is -0.507 e. The second-order valence-electron chi connectivity index (χ2n) is 6.45. The molecule has 2 aromatic carbocycles. The van der Waals surface area contributed by atoms with Crippen LogP contribution in [0, 0.1) is 0 Å². The van der Waals surface area contributed by atoms with Crippen LogP contribution in [0.4, 0.5) is 0 Å². The van der Waals surface area contributed by atoms with Gasteiger partial charge in [-0.1, -0.05) is 12.1 Å². The Labute approximate surface area is 168 Å². The van der Waals surface area contributed by atoms with Gasteiger partial charge in [0.25, 0.3) is 11.7 Å². The molecule has 1 heterocycles. The summed E-state index contributed by atoms with van der Waals surface area (Å²) < 4.78 is 10.6. The maximum Gasteiger partial charge on any atom is 0.295 e. The Hall–Kier alpha value is -3.32. The third kappa shape index (κ3) is 3.95. The predicted octanol–water partition coefficient (Wildman–Crippen LogP) is 2.51. The van der Waals surface area contributed by atoms with Crippen molar-refractivity contribution in [1.29, 1.82) is 0 Å². The highest BCUT2D eigenvalue weighted by Crippen LogP contribution is 2.39. The summed E-state index contributed by atoms with van der Waals surface area (Å²) >= 11 is 0. The van der Waals surface area contributed by atoms with E-state index in [9.17, 15) is 19.8 Å². The van der Waals surface area contributed by atoms with E-state index in [1.54, 1.807) is 55.6 Å². The van der Waals surface area contributed by atoms with Crippen molar-refractivity contribution >= 4 is 17.4 Å². The molecule has 0 aromatic heterocycles. The quantitative estimate of drug-likeness (QED) is 0.423. The molecule has 3 rings (SSSR count). The molecule has 2 aromatic rings. The van der Waals surface area contributed by atoms with E-state index in [0.717, 1.165) is 0 Å². The van der Waals surface area contributed by atoms with Gasteiger partial charge in [0.15, 0.2) is 0 Å². The van der Waals surface area contributed by atoms with Crippen LogP contribution < -0.4 is 9.47 Å². The van der Waals surface area contributed by atoms with Crippen molar-refractivity contribution in [3.8, 4) is 11.5 Å². The van der Waals surface area contributed by atoms with Crippen molar-refractivity contribution in [2.45, 2.75) is 13.0 Å². The van der Waals surface area contributed by atoms with Gasteiger partial charge in [-0.15, -0.1) is 0 Å². The molecule has 152 valence electrons. The second-order valence-corrected chi connectivity index (χ2v) is 6.45. The van der Waals surface area contributed by atoms with E-state index in [1.807, 2.05) is 6.92 Å². The summed E-state index contributed by atoms with van der Waals surface area (Å²) in [6.45, 7) is 2.05. The van der Waals surface area contributed by atoms with Crippen molar-refractivity contribution in [2.75, 3.05) is 26.9 Å². The number of rotatable bonds is 7. The third-order valence-corrected chi connectivity index (χ3v) is 4.75. The first-order chi connectivity index (χ1) is 14.0. The molecule has 1 saturated heterocycles. The highest BCUT2D eigenvalue weighted by molar-refractivity contribution is 6.46. The van der Waals surface area contributed by atoms with Crippen molar-refractivity contribution in [2.24, 2.45) is 0 Å². The number of nitrogens with zero attached hydrogens (tertiary/aromatic N) is 1. The van der Waals surface area contributed by atoms with Crippen molar-refractivity contribution < 1.29 is 29.3 Å². The van der Waals surface area contributed by atoms with E-state index in [-0.39, 0.29) is 24.5 Å². The Morgan fingerprint density at radius 2 is 1.66 bits per heavy atom. The van der Waals surface area contributed by atoms with Gasteiger partial charge in [-0.05, 0) is 48.9 Å². The number of methoxy groups -OCH3 is 1. The summed E-state index contributed by atoms with van der Waals surface area (Å²) in [5, 5.41) is 20.3. The minimum absolute atomic E-state index is 0.0159. The molecule has 1 unspecified atom stereocenters. The molecule has 0 spiro atoms. The van der Waals surface area contributed by atoms with E-state index in [0.29, 0.717) is 29.2 Å². The molecular weight excluding hydrogens is 374 g/mol. The van der Waals surface area contributed by atoms with Crippen molar-refractivity contribution in [3.63, 3.8) is 0 Å². The Kier molecular flexibility index (Phi) is 6.19. The van der Waals surface area contributed by atoms with Crippen LogP contribution in [0.3, 0.4) is 0 Å². The van der Waals surface area contributed by atoms with Crippen LogP contribution in [0.5, 0.6) is 11.5 Å². The maximum absolute atomic E-state index is 12.7. The number of hydrogen-bond acceptors (Lipinski definition) is 6. The fourth-order valence-electron chi connectivity index (χ4n) is 3.38. The molecule has 7 nitrogen and oxygen atoms in total. The summed E-state index contributed by atoms with van der Waals surface area (Å²) in [6.07, 6.45) is 0. The molecule has 29 heavy (non-hydrogen) atoms. The van der Waals surface area contributed by atoms with Gasteiger partial charge in [-0.3, -0.25) is 9.59 Å². The van der Waals surface area contributed by atoms with Crippen LogP contribution in [0.1, 0.15) is 24.1 Å². The first-order valence-corrected chi connectivity index (χ1v) is 9.28. The van der Waals surface area contributed by atoms with Crippen molar-refractivity contribution in [3.05, 3.63) is 65.2 Å². The maximum atomic E-state index is 12.7. The van der Waals surface area contributed by atoms with E-state index in [1.165, 1.54) is 4.90 Å². The van der Waals surface area contributed by atoms with Gasteiger partial charge in [0.2, 0.25) is 0 Å². The molecule has 0 aliphatic carbocycles. The van der Waals surface area contributed by atoms with Crippen LogP contribution >= 0.6 is 0 Å². The molecule has 0 radical (unpaired) electrons. The average Bonchev–Trinajstić information content (AvgIpc) is 2.99. The standard InChI is InChI=1S/C22H23NO6/c1-3-29-17-10-6-15(7-11-17)20(25)18-19(14-4-8-16(28-2)9-5-14)23(12-13-24)22(27)21(18)26/h4-11,19,24-25H,3,12-13H2,1-2H3/b20-18+. The number of benzene rings is 2. The van der Waals surface area contributed by atoms with Gasteiger partial charge < -0.3 is 24.6 Å². The fourth-order valence-corrected chi connectivity index (χ4v) is 3.38. The zero-order valence-electron chi connectivity index (χ0n) is 16.3. The van der Waals surface area contributed by atoms with Gasteiger partial charge in [0.05, 0.1) is 31.9 Å². The normalized spacial score (nSPS) is 18.2. The minimum atomic E-state index is -0.806. The smallest absolute Gasteiger partial charge is 0.295 e. The lowest BCUT2D eigenvalue weighted by molar-refractivity contribution is -0.140. The average molecular weight is 397 g/mol. The first-order valence-electron chi connectivity index (χ1n) is 9.28. The van der Waals surface area contributed by atoms with Crippen LogP contribution in [-0.4, -0.2) is 53.7 Å². The van der Waals surface area contributed by atoms with E-state index in [4.69, 9.17) is 9.47 Å². The molecule has 1 fully saturated rings. The summed E-state index contributed by atoms with van der Waals surface area (Å²) in [5.74, 6) is -0.554. The number of carbonyl (C=O) groups excluding carboxylic acids is 2. The lowest BCUT2D eigenvalue weighted by Gasteiger charge is -2.24. The van der Waals surface area contributed by atoms with E-state index in [2.05, 4.69) is 0 Å². The summed E-state index contributed by atoms with van der Waals surface area (Å²) in [5.41, 5.74) is 1.01. The largest absolute Gasteiger partial charge is 0.507 e. The molecule has 1 atom stereocenters. The monoisotopic (exact) mass is 397 g/mol. The summed E-state index contributed by atoms with van der Waals surface area (Å²) in [6, 6.07) is 12.7. The number of likely N-dealkylation sites (tertiary alicyclic amines) is 1. The topological polar surface area (TPSA) is 96.3 Å². The number of carbonyl (C=O) groups is 2. The van der Waals surface area contributed by atoms with Crippen LogP contribution in [0.25, 0.3) is 5.76 Å². The molecule has 2 N–H and O–H groups in total. The van der Waals surface area contributed by atoms with Gasteiger partial charge in [0, 0.05) is 12.1 Å². The molecule has 0 bridgehead atoms. The fraction of sp³-hybridized carbons (Fsp3) is 0.273. The highest BCUT2D eigenvalue weighted by Gasteiger charge is 2.45. The van der Waals surface area contributed by atoms with E-state index < -0.39 is 17.7 Å². The lowest BCUT2D eigenvalue weighted by atomic mass is 9.95. The predicted molar refractivity (Wildman–Crippen MR) is 107 cm³/mol. The Bertz CT molecular complexity index is 917. The lowest BCUT2D eigenvalue weighted by Crippen LogP contribution is -2.32. The summed E-state index contributed by atoms with van der Waals surface area (Å²) in [7, 11) is 1.54. The highest BCUT2D eigenvalue weighted by atomic mass is 16.5. The molecular formula is C22H23NO6. The number of β-amino-alcohol motifs (C(OH)–C–C–N with tert-alkyl or cyclic N) is 1. The number of amides is 1. The molecule has 1 aliphatic heterocycles. The Balaban J connectivity index is 2.09. The molecule has 0 saturated carbocycles. The van der Waals surface area contributed by atoms with E-state index >= 15 is 0 Å². The molecule has 1 amide bonds. The van der Waals surface area contributed by atoms with Crippen LogP contribution in [0.2, 0.25) is 0 Å². The molecule has 1 aliphatic rings. The first kappa shape index (κ1) is 20.4.